The van der Waals surface area contributed by atoms with Crippen LogP contribution >= 0.6 is 11.6 Å². The van der Waals surface area contributed by atoms with E-state index in [4.69, 9.17) is 16.3 Å². The van der Waals surface area contributed by atoms with Gasteiger partial charge in [-0.15, -0.1) is 0 Å². The zero-order valence-corrected chi connectivity index (χ0v) is 15.6. The number of halogens is 1. The maximum absolute atomic E-state index is 12.7. The van der Waals surface area contributed by atoms with Crippen molar-refractivity contribution >= 4 is 28.4 Å². The number of rotatable bonds is 6. The van der Waals surface area contributed by atoms with E-state index in [0.717, 1.165) is 10.9 Å². The Labute approximate surface area is 158 Å². The van der Waals surface area contributed by atoms with Crippen molar-refractivity contribution in [1.29, 1.82) is 0 Å². The third-order valence-electron chi connectivity index (χ3n) is 4.17. The number of carbonyl (C=O) groups excluding carboxylic acids is 1. The minimum absolute atomic E-state index is 0.0433. The highest BCUT2D eigenvalue weighted by atomic mass is 35.5. The fourth-order valence-electron chi connectivity index (χ4n) is 2.79. The van der Waals surface area contributed by atoms with Gasteiger partial charge in [-0.1, -0.05) is 41.9 Å². The first-order valence-corrected chi connectivity index (χ1v) is 8.93. The number of hydrogen-bond acceptors (Lipinski definition) is 3. The summed E-state index contributed by atoms with van der Waals surface area (Å²) < 4.78 is 5.79. The van der Waals surface area contributed by atoms with Crippen LogP contribution in [0, 0.1) is 0 Å². The van der Waals surface area contributed by atoms with Crippen molar-refractivity contribution in [2.75, 3.05) is 6.61 Å². The number of amides is 1. The average Bonchev–Trinajstić information content (AvgIpc) is 2.66. The Balaban J connectivity index is 1.74. The third kappa shape index (κ3) is 4.14. The monoisotopic (exact) mass is 368 g/mol. The second-order valence-corrected chi connectivity index (χ2v) is 6.74. The Bertz CT molecular complexity index is 897. The number of aromatic nitrogens is 1. The summed E-state index contributed by atoms with van der Waals surface area (Å²) >= 11 is 6.20. The highest BCUT2D eigenvalue weighted by Gasteiger charge is 2.18. The van der Waals surface area contributed by atoms with E-state index < -0.39 is 0 Å². The summed E-state index contributed by atoms with van der Waals surface area (Å²) in [6.45, 7) is 4.51. The van der Waals surface area contributed by atoms with Gasteiger partial charge in [-0.2, -0.15) is 0 Å². The maximum atomic E-state index is 12.7. The summed E-state index contributed by atoms with van der Waals surface area (Å²) in [6.07, 6.45) is 1.68. The van der Waals surface area contributed by atoms with Gasteiger partial charge in [0.15, 0.2) is 6.61 Å². The zero-order valence-electron chi connectivity index (χ0n) is 14.9. The quantitative estimate of drug-likeness (QED) is 0.633. The molecule has 0 atom stereocenters. The molecule has 0 aliphatic heterocycles. The highest BCUT2D eigenvalue weighted by Crippen LogP contribution is 2.29. The molecule has 134 valence electrons. The summed E-state index contributed by atoms with van der Waals surface area (Å²) in [4.78, 5) is 18.9. The smallest absolute Gasteiger partial charge is 0.261 e. The second kappa shape index (κ2) is 8.19. The van der Waals surface area contributed by atoms with Crippen LogP contribution in [0.3, 0.4) is 0 Å². The Morgan fingerprint density at radius 3 is 2.62 bits per heavy atom. The summed E-state index contributed by atoms with van der Waals surface area (Å²) in [5.41, 5.74) is 1.75. The van der Waals surface area contributed by atoms with Gasteiger partial charge in [0.05, 0.1) is 5.02 Å². The van der Waals surface area contributed by atoms with E-state index in [-0.39, 0.29) is 18.6 Å². The number of pyridine rings is 1. The predicted octanol–water partition coefficient (Wildman–Crippen LogP) is 4.70. The fraction of sp³-hybridized carbons (Fsp3) is 0.238. The lowest BCUT2D eigenvalue weighted by Crippen LogP contribution is -2.39. The molecule has 5 heteroatoms. The molecule has 0 aliphatic rings. The Morgan fingerprint density at radius 1 is 1.12 bits per heavy atom. The molecule has 1 amide bonds. The number of carbonyl (C=O) groups is 1. The Kier molecular flexibility index (Phi) is 5.74. The van der Waals surface area contributed by atoms with Crippen LogP contribution < -0.4 is 4.74 Å². The molecule has 0 N–H and O–H groups in total. The highest BCUT2D eigenvalue weighted by molar-refractivity contribution is 6.35. The van der Waals surface area contributed by atoms with E-state index in [2.05, 4.69) is 4.98 Å². The first-order valence-electron chi connectivity index (χ1n) is 8.55. The lowest BCUT2D eigenvalue weighted by Gasteiger charge is -2.27. The number of hydrogen-bond donors (Lipinski definition) is 0. The molecule has 1 heterocycles. The second-order valence-electron chi connectivity index (χ2n) is 6.33. The summed E-state index contributed by atoms with van der Waals surface area (Å²) in [6, 6.07) is 17.2. The van der Waals surface area contributed by atoms with E-state index in [1.807, 2.05) is 56.3 Å². The summed E-state index contributed by atoms with van der Waals surface area (Å²) in [5.74, 6) is 0.490. The maximum Gasteiger partial charge on any atom is 0.261 e. The van der Waals surface area contributed by atoms with E-state index in [1.54, 1.807) is 23.2 Å². The molecule has 3 aromatic rings. The van der Waals surface area contributed by atoms with E-state index >= 15 is 0 Å². The average molecular weight is 369 g/mol. The standard InChI is InChI=1S/C21H21ClN2O2/c1-15(2)24(13-16-7-4-3-5-8-16)20(25)14-26-19-11-10-18(22)17-9-6-12-23-21(17)19/h3-12,15H,13-14H2,1-2H3. The molecule has 4 nitrogen and oxygen atoms in total. The van der Waals surface area contributed by atoms with Crippen LogP contribution in [0.15, 0.2) is 60.8 Å². The molecule has 26 heavy (non-hydrogen) atoms. The van der Waals surface area contributed by atoms with Gasteiger partial charge in [0.25, 0.3) is 5.91 Å². The van der Waals surface area contributed by atoms with Crippen molar-refractivity contribution in [2.24, 2.45) is 0 Å². The molecule has 2 aromatic carbocycles. The lowest BCUT2D eigenvalue weighted by atomic mass is 10.2. The van der Waals surface area contributed by atoms with Gasteiger partial charge in [0.1, 0.15) is 11.3 Å². The zero-order chi connectivity index (χ0) is 18.5. The van der Waals surface area contributed by atoms with Crippen molar-refractivity contribution in [3.8, 4) is 5.75 Å². The van der Waals surface area contributed by atoms with Crippen LogP contribution in [0.25, 0.3) is 10.9 Å². The van der Waals surface area contributed by atoms with Crippen LogP contribution in [0.2, 0.25) is 5.02 Å². The molecule has 1 aromatic heterocycles. The number of fused-ring (bicyclic) bond motifs is 1. The van der Waals surface area contributed by atoms with E-state index in [9.17, 15) is 4.79 Å². The van der Waals surface area contributed by atoms with Crippen molar-refractivity contribution < 1.29 is 9.53 Å². The normalized spacial score (nSPS) is 10.9. The molecule has 0 spiro atoms. The molecular weight excluding hydrogens is 348 g/mol. The van der Waals surface area contributed by atoms with Crippen LogP contribution in [0.4, 0.5) is 0 Å². The Morgan fingerprint density at radius 2 is 1.88 bits per heavy atom. The van der Waals surface area contributed by atoms with Crippen LogP contribution in [0.1, 0.15) is 19.4 Å². The van der Waals surface area contributed by atoms with Gasteiger partial charge in [0.2, 0.25) is 0 Å². The van der Waals surface area contributed by atoms with Crippen LogP contribution in [0.5, 0.6) is 5.75 Å². The molecule has 0 bridgehead atoms. The Hall–Kier alpha value is -2.59. The molecule has 0 saturated heterocycles. The predicted molar refractivity (Wildman–Crippen MR) is 104 cm³/mol. The largest absolute Gasteiger partial charge is 0.481 e. The number of nitrogens with zero attached hydrogens (tertiary/aromatic N) is 2. The fourth-order valence-corrected chi connectivity index (χ4v) is 3.01. The van der Waals surface area contributed by atoms with Crippen molar-refractivity contribution in [1.82, 2.24) is 9.88 Å². The van der Waals surface area contributed by atoms with Crippen molar-refractivity contribution in [3.63, 3.8) is 0 Å². The summed E-state index contributed by atoms with van der Waals surface area (Å²) in [7, 11) is 0. The van der Waals surface area contributed by atoms with Crippen LogP contribution in [-0.4, -0.2) is 28.4 Å². The van der Waals surface area contributed by atoms with E-state index in [0.29, 0.717) is 22.8 Å². The minimum Gasteiger partial charge on any atom is -0.481 e. The summed E-state index contributed by atoms with van der Waals surface area (Å²) in [5, 5.41) is 1.42. The van der Waals surface area contributed by atoms with Gasteiger partial charge in [-0.25, -0.2) is 0 Å². The molecule has 0 saturated carbocycles. The molecule has 0 fully saturated rings. The third-order valence-corrected chi connectivity index (χ3v) is 4.50. The first kappa shape index (κ1) is 18.2. The van der Waals surface area contributed by atoms with Crippen molar-refractivity contribution in [3.05, 3.63) is 71.4 Å². The minimum atomic E-state index is -0.0668. The first-order chi connectivity index (χ1) is 12.6. The van der Waals surface area contributed by atoms with Gasteiger partial charge in [-0.05, 0) is 43.7 Å². The van der Waals surface area contributed by atoms with Crippen molar-refractivity contribution in [2.45, 2.75) is 26.4 Å². The van der Waals surface area contributed by atoms with Crippen LogP contribution in [-0.2, 0) is 11.3 Å². The molecule has 3 rings (SSSR count). The van der Waals surface area contributed by atoms with Gasteiger partial charge in [-0.3, -0.25) is 9.78 Å². The molecule has 0 aliphatic carbocycles. The molecule has 0 unspecified atom stereocenters. The topological polar surface area (TPSA) is 42.4 Å². The van der Waals surface area contributed by atoms with Gasteiger partial charge >= 0.3 is 0 Å². The van der Waals surface area contributed by atoms with Gasteiger partial charge in [0, 0.05) is 24.2 Å². The molecule has 0 radical (unpaired) electrons. The number of ether oxygens (including phenoxy) is 1. The van der Waals surface area contributed by atoms with E-state index in [1.165, 1.54) is 0 Å². The SMILES string of the molecule is CC(C)N(Cc1ccccc1)C(=O)COc1ccc(Cl)c2cccnc12. The molecular formula is C21H21ClN2O2. The lowest BCUT2D eigenvalue weighted by molar-refractivity contribution is -0.135. The number of benzene rings is 2. The van der Waals surface area contributed by atoms with Gasteiger partial charge < -0.3 is 9.64 Å².